The van der Waals surface area contributed by atoms with E-state index in [-0.39, 0.29) is 16.8 Å². The van der Waals surface area contributed by atoms with Crippen LogP contribution >= 0.6 is 11.6 Å². The zero-order valence-corrected chi connectivity index (χ0v) is 14.1. The minimum atomic E-state index is -0.566. The molecule has 1 heterocycles. The number of nitrogens with zero attached hydrogens (tertiary/aromatic N) is 1. The molecule has 26 heavy (non-hydrogen) atoms. The number of hydrogen-bond acceptors (Lipinski definition) is 3. The summed E-state index contributed by atoms with van der Waals surface area (Å²) in [5.74, 6) is -1.55. The average molecular weight is 370 g/mol. The molecule has 0 aliphatic heterocycles. The predicted molar refractivity (Wildman–Crippen MR) is 98.0 cm³/mol. The van der Waals surface area contributed by atoms with Crippen molar-refractivity contribution in [1.82, 2.24) is 4.98 Å². The second-order valence-corrected chi connectivity index (χ2v) is 5.79. The molecule has 0 aliphatic rings. The lowest BCUT2D eigenvalue weighted by atomic mass is 10.1. The van der Waals surface area contributed by atoms with E-state index in [1.54, 1.807) is 30.3 Å². The van der Waals surface area contributed by atoms with Gasteiger partial charge in [-0.3, -0.25) is 14.6 Å². The van der Waals surface area contributed by atoms with E-state index in [0.717, 1.165) is 0 Å². The maximum atomic E-state index is 13.6. The van der Waals surface area contributed by atoms with Crippen LogP contribution in [0.4, 0.5) is 15.8 Å². The van der Waals surface area contributed by atoms with E-state index in [0.29, 0.717) is 10.7 Å². The summed E-state index contributed by atoms with van der Waals surface area (Å²) in [7, 11) is 0. The number of amides is 2. The molecule has 0 aliphatic carbocycles. The van der Waals surface area contributed by atoms with E-state index in [1.165, 1.54) is 36.7 Å². The molecule has 0 radical (unpaired) electrons. The number of carbonyl (C=O) groups is 2. The number of carbonyl (C=O) groups excluding carboxylic acids is 2. The van der Waals surface area contributed by atoms with E-state index in [1.807, 2.05) is 0 Å². The maximum absolute atomic E-state index is 13.6. The Morgan fingerprint density at radius 2 is 1.50 bits per heavy atom. The molecule has 2 amide bonds. The molecule has 0 saturated heterocycles. The van der Waals surface area contributed by atoms with Crippen LogP contribution in [0.3, 0.4) is 0 Å². The minimum absolute atomic E-state index is 0.0496. The summed E-state index contributed by atoms with van der Waals surface area (Å²) in [5.41, 5.74) is 0.937. The Morgan fingerprint density at radius 3 is 2.15 bits per heavy atom. The van der Waals surface area contributed by atoms with Gasteiger partial charge >= 0.3 is 0 Å². The Kier molecular flexibility index (Phi) is 5.24. The predicted octanol–water partition coefficient (Wildman–Crippen LogP) is 4.38. The quantitative estimate of drug-likeness (QED) is 0.717. The van der Waals surface area contributed by atoms with Crippen molar-refractivity contribution in [3.63, 3.8) is 0 Å². The number of halogens is 2. The summed E-state index contributed by atoms with van der Waals surface area (Å²) in [4.78, 5) is 28.5. The van der Waals surface area contributed by atoms with Crippen LogP contribution in [-0.2, 0) is 0 Å². The summed E-state index contributed by atoms with van der Waals surface area (Å²) in [5, 5.41) is 5.68. The number of pyridine rings is 1. The second-order valence-electron chi connectivity index (χ2n) is 5.36. The van der Waals surface area contributed by atoms with Crippen molar-refractivity contribution < 1.29 is 14.0 Å². The zero-order valence-electron chi connectivity index (χ0n) is 13.4. The molecule has 1 aromatic heterocycles. The Morgan fingerprint density at radius 1 is 0.885 bits per heavy atom. The number of para-hydroxylation sites is 1. The highest BCUT2D eigenvalue weighted by Gasteiger charge is 2.13. The fraction of sp³-hybridized carbons (Fsp3) is 0. The molecule has 3 aromatic rings. The monoisotopic (exact) mass is 369 g/mol. The van der Waals surface area contributed by atoms with Gasteiger partial charge in [0.15, 0.2) is 0 Å². The number of anilines is 2. The number of benzene rings is 2. The fourth-order valence-corrected chi connectivity index (χ4v) is 2.31. The van der Waals surface area contributed by atoms with Crippen molar-refractivity contribution in [2.75, 3.05) is 10.6 Å². The van der Waals surface area contributed by atoms with Gasteiger partial charge in [-0.1, -0.05) is 23.7 Å². The van der Waals surface area contributed by atoms with E-state index in [2.05, 4.69) is 15.6 Å². The molecule has 0 spiro atoms. The lowest BCUT2D eigenvalue weighted by molar-refractivity contribution is 0.102. The summed E-state index contributed by atoms with van der Waals surface area (Å²) >= 11 is 5.80. The fourth-order valence-electron chi connectivity index (χ4n) is 2.18. The number of aromatic nitrogens is 1. The van der Waals surface area contributed by atoms with Crippen LogP contribution in [0, 0.1) is 5.82 Å². The SMILES string of the molecule is O=C(Nc1ccc(Cl)cc1)c1cncc(C(=O)Nc2ccccc2F)c1. The molecule has 2 N–H and O–H groups in total. The zero-order chi connectivity index (χ0) is 18.5. The highest BCUT2D eigenvalue weighted by Crippen LogP contribution is 2.16. The first-order valence-corrected chi connectivity index (χ1v) is 7.98. The van der Waals surface area contributed by atoms with Crippen LogP contribution < -0.4 is 10.6 Å². The van der Waals surface area contributed by atoms with Crippen LogP contribution in [0.1, 0.15) is 20.7 Å². The third-order valence-corrected chi connectivity index (χ3v) is 3.74. The smallest absolute Gasteiger partial charge is 0.257 e. The molecule has 3 rings (SSSR count). The van der Waals surface area contributed by atoms with Crippen molar-refractivity contribution in [3.8, 4) is 0 Å². The molecular weight excluding hydrogens is 357 g/mol. The van der Waals surface area contributed by atoms with Crippen LogP contribution in [0.25, 0.3) is 0 Å². The minimum Gasteiger partial charge on any atom is -0.322 e. The first-order valence-electron chi connectivity index (χ1n) is 7.61. The van der Waals surface area contributed by atoms with Crippen LogP contribution in [0.2, 0.25) is 5.02 Å². The van der Waals surface area contributed by atoms with E-state index >= 15 is 0 Å². The molecule has 2 aromatic carbocycles. The van der Waals surface area contributed by atoms with Gasteiger partial charge in [-0.05, 0) is 42.5 Å². The first kappa shape index (κ1) is 17.6. The summed E-state index contributed by atoms with van der Waals surface area (Å²) in [6.45, 7) is 0. The summed E-state index contributed by atoms with van der Waals surface area (Å²) in [6, 6.07) is 13.8. The maximum Gasteiger partial charge on any atom is 0.257 e. The molecule has 0 saturated carbocycles. The molecule has 0 unspecified atom stereocenters. The van der Waals surface area contributed by atoms with Gasteiger partial charge in [-0.15, -0.1) is 0 Å². The van der Waals surface area contributed by atoms with Gasteiger partial charge in [0.25, 0.3) is 11.8 Å². The highest BCUT2D eigenvalue weighted by molar-refractivity contribution is 6.30. The molecule has 0 atom stereocenters. The Labute approximate surface area is 153 Å². The highest BCUT2D eigenvalue weighted by atomic mass is 35.5. The van der Waals surface area contributed by atoms with Crippen LogP contribution in [0.5, 0.6) is 0 Å². The molecule has 130 valence electrons. The molecule has 0 fully saturated rings. The number of nitrogens with one attached hydrogen (secondary N) is 2. The molecule has 5 nitrogen and oxygen atoms in total. The topological polar surface area (TPSA) is 71.1 Å². The Balaban J connectivity index is 1.75. The van der Waals surface area contributed by atoms with E-state index in [9.17, 15) is 14.0 Å². The molecule has 0 bridgehead atoms. The molecular formula is C19H13ClFN3O2. The Bertz CT molecular complexity index is 961. The van der Waals surface area contributed by atoms with Crippen LogP contribution in [-0.4, -0.2) is 16.8 Å². The van der Waals surface area contributed by atoms with Gasteiger partial charge < -0.3 is 10.6 Å². The van der Waals surface area contributed by atoms with Gasteiger partial charge in [-0.2, -0.15) is 0 Å². The van der Waals surface area contributed by atoms with Crippen molar-refractivity contribution in [2.45, 2.75) is 0 Å². The number of rotatable bonds is 4. The van der Waals surface area contributed by atoms with Crippen molar-refractivity contribution >= 4 is 34.8 Å². The Hall–Kier alpha value is -3.25. The van der Waals surface area contributed by atoms with Crippen LogP contribution in [0.15, 0.2) is 67.0 Å². The van der Waals surface area contributed by atoms with Gasteiger partial charge in [0.1, 0.15) is 5.82 Å². The third kappa shape index (κ3) is 4.23. The van der Waals surface area contributed by atoms with Gasteiger partial charge in [0.05, 0.1) is 16.8 Å². The lowest BCUT2D eigenvalue weighted by Crippen LogP contribution is -2.16. The third-order valence-electron chi connectivity index (χ3n) is 3.49. The standard InChI is InChI=1S/C19H13ClFN3O2/c20-14-5-7-15(8-6-14)23-18(25)12-9-13(11-22-10-12)19(26)24-17-4-2-1-3-16(17)21/h1-11H,(H,23,25)(H,24,26). The average Bonchev–Trinajstić information content (AvgIpc) is 2.65. The molecule has 7 heteroatoms. The van der Waals surface area contributed by atoms with E-state index in [4.69, 9.17) is 11.6 Å². The largest absolute Gasteiger partial charge is 0.322 e. The van der Waals surface area contributed by atoms with Gasteiger partial charge in [0.2, 0.25) is 0 Å². The summed E-state index contributed by atoms with van der Waals surface area (Å²) in [6.07, 6.45) is 2.64. The lowest BCUT2D eigenvalue weighted by Gasteiger charge is -2.08. The van der Waals surface area contributed by atoms with Crippen molar-refractivity contribution in [1.29, 1.82) is 0 Å². The normalized spacial score (nSPS) is 10.2. The van der Waals surface area contributed by atoms with E-state index < -0.39 is 17.6 Å². The van der Waals surface area contributed by atoms with Crippen molar-refractivity contribution in [3.05, 3.63) is 89.0 Å². The second kappa shape index (κ2) is 7.76. The first-order chi connectivity index (χ1) is 12.5. The number of hydrogen-bond donors (Lipinski definition) is 2. The van der Waals surface area contributed by atoms with Gasteiger partial charge in [0, 0.05) is 23.1 Å². The van der Waals surface area contributed by atoms with Gasteiger partial charge in [-0.25, -0.2) is 4.39 Å². The summed E-state index contributed by atoms with van der Waals surface area (Å²) < 4.78 is 13.6. The van der Waals surface area contributed by atoms with Crippen molar-refractivity contribution in [2.24, 2.45) is 0 Å².